The number of carbonyl (C=O) groups excluding carboxylic acids is 1. The summed E-state index contributed by atoms with van der Waals surface area (Å²) in [6, 6.07) is 6.16. The van der Waals surface area contributed by atoms with Crippen molar-refractivity contribution in [1.29, 1.82) is 0 Å². The highest BCUT2D eigenvalue weighted by molar-refractivity contribution is 6.31. The van der Waals surface area contributed by atoms with E-state index in [1.165, 1.54) is 18.2 Å². The molecule has 2 aliphatic carbocycles. The van der Waals surface area contributed by atoms with Crippen LogP contribution in [0.15, 0.2) is 30.6 Å². The third-order valence-corrected chi connectivity index (χ3v) is 8.04. The molecule has 2 aromatic heterocycles. The van der Waals surface area contributed by atoms with Crippen LogP contribution in [-0.4, -0.2) is 30.3 Å². The molecular formula is C26H31ClFN5O2. The standard InChI is InChI=1S/C26H31ClFN5O2/c1-14(2)21-10-22(33(4)31-21)26(35)11-16-7-15(8-17(16)12-26)23-24(32(3)13-29-23)25(34)30-18-5-6-20(28)19(27)9-18/h5-6,9-10,13-17,35H,7-8,11-12H2,1-4H3,(H,30,34). The van der Waals surface area contributed by atoms with Crippen LogP contribution in [-0.2, 0) is 19.7 Å². The number of aryl methyl sites for hydroxylation is 2. The molecule has 2 N–H and O–H groups in total. The molecule has 0 bridgehead atoms. The number of carbonyl (C=O) groups is 1. The predicted octanol–water partition coefficient (Wildman–Crippen LogP) is 5.11. The van der Waals surface area contributed by atoms with Gasteiger partial charge in [0.2, 0.25) is 0 Å². The normalized spacial score (nSPS) is 25.9. The van der Waals surface area contributed by atoms with E-state index >= 15 is 0 Å². The molecular weight excluding hydrogens is 469 g/mol. The van der Waals surface area contributed by atoms with Crippen LogP contribution in [0, 0.1) is 17.7 Å². The Morgan fingerprint density at radius 1 is 1.23 bits per heavy atom. The van der Waals surface area contributed by atoms with Gasteiger partial charge in [-0.2, -0.15) is 5.10 Å². The highest BCUT2D eigenvalue weighted by Gasteiger charge is 2.51. The van der Waals surface area contributed by atoms with Gasteiger partial charge in [0.25, 0.3) is 5.91 Å². The maximum Gasteiger partial charge on any atom is 0.274 e. The Labute approximate surface area is 209 Å². The van der Waals surface area contributed by atoms with E-state index in [1.807, 2.05) is 17.8 Å². The fourth-order valence-electron chi connectivity index (χ4n) is 6.09. The molecule has 2 aliphatic rings. The lowest BCUT2D eigenvalue weighted by Gasteiger charge is -2.25. The Morgan fingerprint density at radius 2 is 1.91 bits per heavy atom. The SMILES string of the molecule is CC(C)c1cc(C2(O)CC3CC(c4ncn(C)c4C(=O)Nc4ccc(F)c(Cl)c4)CC3C2)n(C)n1. The topological polar surface area (TPSA) is 85.0 Å². The van der Waals surface area contributed by atoms with E-state index in [0.717, 1.165) is 29.9 Å². The Kier molecular flexibility index (Phi) is 6.00. The molecule has 0 saturated heterocycles. The zero-order valence-corrected chi connectivity index (χ0v) is 21.2. The van der Waals surface area contributed by atoms with Crippen LogP contribution in [0.5, 0.6) is 0 Å². The second kappa shape index (κ2) is 8.75. The fourth-order valence-corrected chi connectivity index (χ4v) is 6.27. The van der Waals surface area contributed by atoms with Crippen LogP contribution in [0.4, 0.5) is 10.1 Å². The van der Waals surface area contributed by atoms with E-state index in [4.69, 9.17) is 11.6 Å². The number of nitrogens with one attached hydrogen (secondary N) is 1. The maximum atomic E-state index is 13.5. The smallest absolute Gasteiger partial charge is 0.274 e. The molecule has 35 heavy (non-hydrogen) atoms. The van der Waals surface area contributed by atoms with E-state index in [-0.39, 0.29) is 16.8 Å². The van der Waals surface area contributed by atoms with Crippen molar-refractivity contribution in [1.82, 2.24) is 19.3 Å². The van der Waals surface area contributed by atoms with Gasteiger partial charge in [-0.25, -0.2) is 9.37 Å². The molecule has 0 radical (unpaired) electrons. The number of hydrogen-bond acceptors (Lipinski definition) is 4. The van der Waals surface area contributed by atoms with Gasteiger partial charge in [-0.15, -0.1) is 0 Å². The van der Waals surface area contributed by atoms with Crippen molar-refractivity contribution in [3.63, 3.8) is 0 Å². The molecule has 2 heterocycles. The number of aromatic nitrogens is 4. The minimum atomic E-state index is -0.874. The molecule has 2 saturated carbocycles. The molecule has 2 fully saturated rings. The van der Waals surface area contributed by atoms with Gasteiger partial charge in [0.15, 0.2) is 0 Å². The lowest BCUT2D eigenvalue weighted by Crippen LogP contribution is -2.26. The van der Waals surface area contributed by atoms with Crippen LogP contribution < -0.4 is 5.32 Å². The highest BCUT2D eigenvalue weighted by atomic mass is 35.5. The number of hydrogen-bond donors (Lipinski definition) is 2. The first-order valence-electron chi connectivity index (χ1n) is 12.1. The van der Waals surface area contributed by atoms with E-state index in [9.17, 15) is 14.3 Å². The van der Waals surface area contributed by atoms with Gasteiger partial charge < -0.3 is 15.0 Å². The number of aliphatic hydroxyl groups is 1. The number of amides is 1. The number of halogens is 2. The van der Waals surface area contributed by atoms with Crippen molar-refractivity contribution in [3.8, 4) is 0 Å². The van der Waals surface area contributed by atoms with Crippen LogP contribution in [0.3, 0.4) is 0 Å². The van der Waals surface area contributed by atoms with Crippen LogP contribution in [0.1, 0.15) is 78.9 Å². The molecule has 7 nitrogen and oxygen atoms in total. The first-order chi connectivity index (χ1) is 16.6. The number of nitrogens with zero attached hydrogens (tertiary/aromatic N) is 4. The van der Waals surface area contributed by atoms with Crippen molar-refractivity contribution < 1.29 is 14.3 Å². The van der Waals surface area contributed by atoms with Crippen molar-refractivity contribution in [2.45, 2.75) is 57.0 Å². The summed E-state index contributed by atoms with van der Waals surface area (Å²) in [5.74, 6) is 0.337. The van der Waals surface area contributed by atoms with E-state index < -0.39 is 11.4 Å². The van der Waals surface area contributed by atoms with Crippen molar-refractivity contribution in [3.05, 3.63) is 64.2 Å². The van der Waals surface area contributed by atoms with Crippen molar-refractivity contribution in [2.24, 2.45) is 25.9 Å². The monoisotopic (exact) mass is 499 g/mol. The number of rotatable bonds is 5. The molecule has 2 unspecified atom stereocenters. The molecule has 186 valence electrons. The third kappa shape index (κ3) is 4.27. The molecule has 3 aromatic rings. The Balaban J connectivity index is 1.32. The number of benzene rings is 1. The van der Waals surface area contributed by atoms with Crippen molar-refractivity contribution in [2.75, 3.05) is 5.32 Å². The van der Waals surface area contributed by atoms with E-state index in [0.29, 0.717) is 42.0 Å². The zero-order chi connectivity index (χ0) is 25.1. The molecule has 0 spiro atoms. The summed E-state index contributed by atoms with van der Waals surface area (Å²) in [5, 5.41) is 19.0. The Hall–Kier alpha value is -2.71. The van der Waals surface area contributed by atoms with Crippen LogP contribution in [0.2, 0.25) is 5.02 Å². The summed E-state index contributed by atoms with van der Waals surface area (Å²) in [6.07, 6.45) is 4.79. The van der Waals surface area contributed by atoms with E-state index in [2.05, 4.69) is 29.2 Å². The molecule has 1 aromatic carbocycles. The quantitative estimate of drug-likeness (QED) is 0.510. The molecule has 1 amide bonds. The molecule has 0 aliphatic heterocycles. The average Bonchev–Trinajstić information content (AvgIpc) is 3.52. The lowest BCUT2D eigenvalue weighted by molar-refractivity contribution is 0.0263. The summed E-state index contributed by atoms with van der Waals surface area (Å²) in [6.45, 7) is 4.21. The summed E-state index contributed by atoms with van der Waals surface area (Å²) >= 11 is 5.87. The number of imidazole rings is 1. The second-order valence-corrected chi connectivity index (χ2v) is 10.9. The number of anilines is 1. The Bertz CT molecular complexity index is 1270. The summed E-state index contributed by atoms with van der Waals surface area (Å²) in [4.78, 5) is 17.7. The summed E-state index contributed by atoms with van der Waals surface area (Å²) < 4.78 is 17.1. The van der Waals surface area contributed by atoms with Crippen LogP contribution in [0.25, 0.3) is 0 Å². The maximum absolute atomic E-state index is 13.5. The van der Waals surface area contributed by atoms with Gasteiger partial charge in [0.05, 0.1) is 28.4 Å². The fraction of sp³-hybridized carbons (Fsp3) is 0.500. The second-order valence-electron chi connectivity index (χ2n) is 10.5. The minimum absolute atomic E-state index is 0.0435. The third-order valence-electron chi connectivity index (χ3n) is 7.75. The highest BCUT2D eigenvalue weighted by Crippen LogP contribution is 2.56. The van der Waals surface area contributed by atoms with Gasteiger partial charge in [-0.1, -0.05) is 25.4 Å². The number of fused-ring (bicyclic) bond motifs is 1. The van der Waals surface area contributed by atoms with Crippen LogP contribution >= 0.6 is 11.6 Å². The summed E-state index contributed by atoms with van der Waals surface area (Å²) in [5.41, 5.74) is 2.72. The van der Waals surface area contributed by atoms with Gasteiger partial charge in [-0.05, 0) is 67.7 Å². The van der Waals surface area contributed by atoms with Gasteiger partial charge in [0, 0.05) is 25.7 Å². The van der Waals surface area contributed by atoms with E-state index in [1.54, 1.807) is 17.9 Å². The van der Waals surface area contributed by atoms with Gasteiger partial charge in [-0.3, -0.25) is 9.48 Å². The minimum Gasteiger partial charge on any atom is -0.384 e. The molecule has 2 atom stereocenters. The Morgan fingerprint density at radius 3 is 2.51 bits per heavy atom. The lowest BCUT2D eigenvalue weighted by atomic mass is 9.89. The van der Waals surface area contributed by atoms with Gasteiger partial charge in [0.1, 0.15) is 17.1 Å². The van der Waals surface area contributed by atoms with Gasteiger partial charge >= 0.3 is 0 Å². The summed E-state index contributed by atoms with van der Waals surface area (Å²) in [7, 11) is 3.70. The zero-order valence-electron chi connectivity index (χ0n) is 20.4. The predicted molar refractivity (Wildman–Crippen MR) is 132 cm³/mol. The first-order valence-corrected chi connectivity index (χ1v) is 12.5. The molecule has 5 rings (SSSR count). The average molecular weight is 500 g/mol. The van der Waals surface area contributed by atoms with Crippen molar-refractivity contribution >= 4 is 23.2 Å². The largest absolute Gasteiger partial charge is 0.384 e. The molecule has 9 heteroatoms. The first kappa shape index (κ1) is 24.0.